The number of phosphoric ester groups is 1. The number of unbranched alkanes of at least 4 members (excludes halogenated alkanes) is 32. The molecule has 0 heterocycles. The number of rotatable bonds is 66. The number of quaternary nitrogens is 1. The average molecular weight is 1250 g/mol. The van der Waals surface area contributed by atoms with Crippen LogP contribution in [0.2, 0.25) is 0 Å². The smallest absolute Gasteiger partial charge is 0.306 e. The first-order valence-corrected chi connectivity index (χ1v) is 37.7. The molecule has 506 valence electrons. The van der Waals surface area contributed by atoms with Gasteiger partial charge in [-0.25, -0.2) is 0 Å². The predicted octanol–water partition coefficient (Wildman–Crippen LogP) is 23.2. The Hall–Kier alpha value is -3.59. The molecule has 0 bridgehead atoms. The summed E-state index contributed by atoms with van der Waals surface area (Å²) >= 11 is 0. The van der Waals surface area contributed by atoms with E-state index in [1.165, 1.54) is 173 Å². The lowest BCUT2D eigenvalue weighted by Crippen LogP contribution is -2.37. The molecule has 0 saturated carbocycles. The fourth-order valence-electron chi connectivity index (χ4n) is 10.0. The summed E-state index contributed by atoms with van der Waals surface area (Å²) in [5.41, 5.74) is 0. The molecule has 0 rings (SSSR count). The zero-order chi connectivity index (χ0) is 64.1. The summed E-state index contributed by atoms with van der Waals surface area (Å²) < 4.78 is 34.4. The maximum atomic E-state index is 12.9. The Kier molecular flexibility index (Phi) is 65.0. The van der Waals surface area contributed by atoms with E-state index in [0.29, 0.717) is 17.4 Å². The number of allylic oxidation sites excluding steroid dienone is 20. The number of hydrogen-bond donors (Lipinski definition) is 0. The van der Waals surface area contributed by atoms with E-state index in [1.807, 2.05) is 21.1 Å². The number of carbonyl (C=O) groups is 2. The van der Waals surface area contributed by atoms with Gasteiger partial charge in [-0.05, 0) is 103 Å². The first-order valence-electron chi connectivity index (χ1n) is 36.2. The third-order valence-electron chi connectivity index (χ3n) is 15.5. The highest BCUT2D eigenvalue weighted by Gasteiger charge is 2.22. The van der Waals surface area contributed by atoms with Gasteiger partial charge in [0.2, 0.25) is 0 Å². The van der Waals surface area contributed by atoms with Gasteiger partial charge >= 0.3 is 11.9 Å². The van der Waals surface area contributed by atoms with E-state index < -0.39 is 26.5 Å². The molecule has 0 aliphatic rings. The maximum absolute atomic E-state index is 12.9. The average Bonchev–Trinajstić information content (AvgIpc) is 3.68. The van der Waals surface area contributed by atoms with E-state index in [-0.39, 0.29) is 32.0 Å². The van der Waals surface area contributed by atoms with Crippen molar-refractivity contribution in [3.8, 4) is 0 Å². The Morgan fingerprint density at radius 3 is 0.909 bits per heavy atom. The van der Waals surface area contributed by atoms with Crippen LogP contribution in [-0.2, 0) is 32.7 Å². The standard InChI is InChI=1S/C78H136NO8P/c1-6-8-10-12-14-16-18-20-22-24-26-28-30-32-34-35-36-37-38-39-40-41-42-43-45-47-49-51-53-55-57-59-61-63-65-67-69-71-78(81)87-76(75-86-88(82,83)85-73-72-79(3,4)5)74-84-77(80)70-68-66-64-62-60-58-56-54-52-50-48-46-44-33-31-29-27-25-23-21-19-17-15-13-11-9-7-2/h8-11,14-17,20-23,26-29,32,34,36-37,76H,6-7,12-13,18-19,24-25,30-31,33,35,38-75H2,1-5H3/b10-8-,11-9-,16-14-,17-15-,22-20-,23-21-,28-26-,29-27-,34-32-,37-36-. The molecule has 0 aromatic heterocycles. The lowest BCUT2D eigenvalue weighted by Gasteiger charge is -2.28. The van der Waals surface area contributed by atoms with Gasteiger partial charge in [-0.15, -0.1) is 0 Å². The van der Waals surface area contributed by atoms with Crippen LogP contribution in [-0.4, -0.2) is 70.0 Å². The Morgan fingerprint density at radius 1 is 0.352 bits per heavy atom. The van der Waals surface area contributed by atoms with E-state index in [1.54, 1.807) is 0 Å². The fourth-order valence-corrected chi connectivity index (χ4v) is 10.7. The number of nitrogens with zero attached hydrogens (tertiary/aromatic N) is 1. The molecule has 0 aromatic carbocycles. The van der Waals surface area contributed by atoms with E-state index in [2.05, 4.69) is 135 Å². The molecule has 0 fully saturated rings. The van der Waals surface area contributed by atoms with Gasteiger partial charge in [-0.2, -0.15) is 0 Å². The van der Waals surface area contributed by atoms with Crippen LogP contribution >= 0.6 is 7.82 Å². The summed E-state index contributed by atoms with van der Waals surface area (Å²) in [6, 6.07) is 0. The van der Waals surface area contributed by atoms with Gasteiger partial charge < -0.3 is 27.9 Å². The molecule has 10 heteroatoms. The summed E-state index contributed by atoms with van der Waals surface area (Å²) in [6.45, 7) is 4.04. The Balaban J connectivity index is 4.01. The molecule has 2 unspecified atom stereocenters. The topological polar surface area (TPSA) is 111 Å². The molecule has 88 heavy (non-hydrogen) atoms. The van der Waals surface area contributed by atoms with Crippen LogP contribution in [0.1, 0.15) is 309 Å². The largest absolute Gasteiger partial charge is 0.756 e. The van der Waals surface area contributed by atoms with Crippen molar-refractivity contribution in [1.82, 2.24) is 0 Å². The van der Waals surface area contributed by atoms with Crippen LogP contribution in [0.15, 0.2) is 122 Å². The van der Waals surface area contributed by atoms with Gasteiger partial charge in [-0.1, -0.05) is 315 Å². The van der Waals surface area contributed by atoms with Gasteiger partial charge in [0.05, 0.1) is 27.7 Å². The zero-order valence-electron chi connectivity index (χ0n) is 57.6. The van der Waals surface area contributed by atoms with Crippen LogP contribution in [0.25, 0.3) is 0 Å². The lowest BCUT2D eigenvalue weighted by atomic mass is 10.0. The van der Waals surface area contributed by atoms with Crippen molar-refractivity contribution in [2.75, 3.05) is 47.5 Å². The number of hydrogen-bond acceptors (Lipinski definition) is 8. The molecule has 0 radical (unpaired) electrons. The third-order valence-corrected chi connectivity index (χ3v) is 16.4. The molecule has 0 saturated heterocycles. The lowest BCUT2D eigenvalue weighted by molar-refractivity contribution is -0.870. The van der Waals surface area contributed by atoms with Crippen molar-refractivity contribution in [2.45, 2.75) is 315 Å². The van der Waals surface area contributed by atoms with Crippen molar-refractivity contribution in [3.63, 3.8) is 0 Å². The highest BCUT2D eigenvalue weighted by molar-refractivity contribution is 7.45. The SMILES string of the molecule is CC/C=C\C/C=C\C/C=C\C/C=C\C/C=C\C/C=C\CCCCCCCCCCCCCCCCCCCCC(=O)OC(COC(=O)CCCCCCCCCCCCCCCC/C=C\C/C=C\C/C=C\C/C=C\CC)COP(=O)([O-])OCC[N+](C)(C)C. The minimum Gasteiger partial charge on any atom is -0.756 e. The van der Waals surface area contributed by atoms with E-state index >= 15 is 0 Å². The summed E-state index contributed by atoms with van der Waals surface area (Å²) in [5.74, 6) is -0.827. The molecular formula is C78H136NO8P. The first kappa shape index (κ1) is 84.4. The second-order valence-electron chi connectivity index (χ2n) is 25.2. The second kappa shape index (κ2) is 67.8. The summed E-state index contributed by atoms with van der Waals surface area (Å²) in [6.07, 6.45) is 97.1. The van der Waals surface area contributed by atoms with Gasteiger partial charge in [0.1, 0.15) is 19.8 Å². The predicted molar refractivity (Wildman–Crippen MR) is 378 cm³/mol. The minimum absolute atomic E-state index is 0.0336. The zero-order valence-corrected chi connectivity index (χ0v) is 58.5. The van der Waals surface area contributed by atoms with Crippen molar-refractivity contribution in [2.24, 2.45) is 0 Å². The number of esters is 2. The second-order valence-corrected chi connectivity index (χ2v) is 26.6. The molecule has 0 aliphatic carbocycles. The summed E-state index contributed by atoms with van der Waals surface area (Å²) in [7, 11) is 1.17. The van der Waals surface area contributed by atoms with Gasteiger partial charge in [-0.3, -0.25) is 14.2 Å². The molecule has 0 amide bonds. The van der Waals surface area contributed by atoms with Crippen molar-refractivity contribution in [1.29, 1.82) is 0 Å². The monoisotopic (exact) mass is 1250 g/mol. The number of phosphoric acid groups is 1. The summed E-state index contributed by atoms with van der Waals surface area (Å²) in [5, 5.41) is 0. The quantitative estimate of drug-likeness (QED) is 0.0195. The summed E-state index contributed by atoms with van der Waals surface area (Å²) in [4.78, 5) is 38.1. The molecule has 0 aliphatic heterocycles. The van der Waals surface area contributed by atoms with Crippen LogP contribution < -0.4 is 4.89 Å². The normalized spacial score (nSPS) is 13.8. The molecule has 9 nitrogen and oxygen atoms in total. The highest BCUT2D eigenvalue weighted by atomic mass is 31.2. The number of ether oxygens (including phenoxy) is 2. The van der Waals surface area contributed by atoms with Gasteiger partial charge in [0.15, 0.2) is 6.10 Å². The first-order chi connectivity index (χ1) is 43.0. The Morgan fingerprint density at radius 2 is 0.614 bits per heavy atom. The van der Waals surface area contributed by atoms with Gasteiger partial charge in [0, 0.05) is 12.8 Å². The Bertz CT molecular complexity index is 1900. The molecular weight excluding hydrogens is 1110 g/mol. The van der Waals surface area contributed by atoms with Crippen molar-refractivity contribution < 1.29 is 42.1 Å². The highest BCUT2D eigenvalue weighted by Crippen LogP contribution is 2.38. The van der Waals surface area contributed by atoms with Crippen LogP contribution in [0, 0.1) is 0 Å². The van der Waals surface area contributed by atoms with Crippen LogP contribution in [0.4, 0.5) is 0 Å². The Labute approximate surface area is 543 Å². The third kappa shape index (κ3) is 71.5. The van der Waals surface area contributed by atoms with Crippen LogP contribution in [0.3, 0.4) is 0 Å². The molecule has 0 aromatic rings. The molecule has 0 spiro atoms. The number of carbonyl (C=O) groups excluding carboxylic acids is 2. The van der Waals surface area contributed by atoms with E-state index in [9.17, 15) is 19.0 Å². The van der Waals surface area contributed by atoms with Gasteiger partial charge in [0.25, 0.3) is 7.82 Å². The van der Waals surface area contributed by atoms with Crippen LogP contribution in [0.5, 0.6) is 0 Å². The van der Waals surface area contributed by atoms with Crippen molar-refractivity contribution >= 4 is 19.8 Å². The maximum Gasteiger partial charge on any atom is 0.306 e. The number of likely N-dealkylation sites (N-methyl/N-ethyl adjacent to an activating group) is 1. The van der Waals surface area contributed by atoms with E-state index in [4.69, 9.17) is 18.5 Å². The van der Waals surface area contributed by atoms with Crippen molar-refractivity contribution in [3.05, 3.63) is 122 Å². The minimum atomic E-state index is -4.65. The molecule has 2 atom stereocenters. The van der Waals surface area contributed by atoms with E-state index in [0.717, 1.165) is 103 Å². The fraction of sp³-hybridized carbons (Fsp3) is 0.718. The molecule has 0 N–H and O–H groups in total.